The van der Waals surface area contributed by atoms with Gasteiger partial charge >= 0.3 is 5.91 Å². The SMILES string of the molecule is CCOc1ccc2nc(N3C(=O)C(=O)/C(=C(/O)c4ccc(OCc5ccccc5)c(C)c4)C3c3cccs3)sc2c1. The second kappa shape index (κ2) is 11.2. The van der Waals surface area contributed by atoms with Crippen LogP contribution in [0.4, 0.5) is 5.13 Å². The summed E-state index contributed by atoms with van der Waals surface area (Å²) in [5, 5.41) is 13.8. The van der Waals surface area contributed by atoms with Gasteiger partial charge in [0, 0.05) is 10.4 Å². The number of thiazole rings is 1. The van der Waals surface area contributed by atoms with Crippen LogP contribution in [0.3, 0.4) is 0 Å². The monoisotopic (exact) mass is 582 g/mol. The molecule has 1 fully saturated rings. The molecule has 5 aromatic rings. The highest BCUT2D eigenvalue weighted by molar-refractivity contribution is 7.22. The molecular formula is C32H26N2O5S2. The predicted molar refractivity (Wildman–Crippen MR) is 162 cm³/mol. The summed E-state index contributed by atoms with van der Waals surface area (Å²) < 4.78 is 12.4. The zero-order chi connectivity index (χ0) is 28.5. The number of ketones is 1. The number of aromatic nitrogens is 1. The van der Waals surface area contributed by atoms with Gasteiger partial charge in [0.05, 0.1) is 22.4 Å². The normalized spacial score (nSPS) is 16.4. The number of ether oxygens (including phenoxy) is 2. The number of hydrogen-bond acceptors (Lipinski definition) is 8. The van der Waals surface area contributed by atoms with E-state index < -0.39 is 17.7 Å². The van der Waals surface area contributed by atoms with Crippen LogP contribution in [0.2, 0.25) is 0 Å². The molecule has 0 bridgehead atoms. The van der Waals surface area contributed by atoms with Gasteiger partial charge in [-0.05, 0) is 72.8 Å². The van der Waals surface area contributed by atoms with Crippen molar-refractivity contribution >= 4 is 55.5 Å². The van der Waals surface area contributed by atoms with Crippen molar-refractivity contribution in [2.75, 3.05) is 11.5 Å². The lowest BCUT2D eigenvalue weighted by molar-refractivity contribution is -0.132. The zero-order valence-electron chi connectivity index (χ0n) is 22.4. The quantitative estimate of drug-likeness (QED) is 0.118. The maximum atomic E-state index is 13.5. The van der Waals surface area contributed by atoms with Crippen LogP contribution in [0.5, 0.6) is 11.5 Å². The number of benzene rings is 3. The lowest BCUT2D eigenvalue weighted by Gasteiger charge is -2.21. The van der Waals surface area contributed by atoms with E-state index in [2.05, 4.69) is 4.98 Å². The number of nitrogens with zero attached hydrogens (tertiary/aromatic N) is 2. The van der Waals surface area contributed by atoms with Crippen LogP contribution in [0.1, 0.15) is 34.5 Å². The Kier molecular flexibility index (Phi) is 7.30. The largest absolute Gasteiger partial charge is 0.507 e. The molecule has 1 aliphatic rings. The second-order valence-corrected chi connectivity index (χ2v) is 11.5. The molecule has 3 heterocycles. The molecule has 9 heteroatoms. The van der Waals surface area contributed by atoms with Crippen molar-refractivity contribution in [3.63, 3.8) is 0 Å². The molecular weight excluding hydrogens is 556 g/mol. The van der Waals surface area contributed by atoms with E-state index in [4.69, 9.17) is 9.47 Å². The predicted octanol–water partition coefficient (Wildman–Crippen LogP) is 7.27. The van der Waals surface area contributed by atoms with Crippen LogP contribution in [0, 0.1) is 6.92 Å². The first kappa shape index (κ1) is 26.7. The molecule has 6 rings (SSSR count). The summed E-state index contributed by atoms with van der Waals surface area (Å²) in [5.41, 5.74) is 2.99. The number of aliphatic hydroxyl groups is 1. The highest BCUT2D eigenvalue weighted by Gasteiger charge is 2.48. The summed E-state index contributed by atoms with van der Waals surface area (Å²) in [6.45, 7) is 4.73. The highest BCUT2D eigenvalue weighted by atomic mass is 32.1. The third-order valence-corrected chi connectivity index (χ3v) is 8.75. The molecule has 0 spiro atoms. The van der Waals surface area contributed by atoms with Crippen molar-refractivity contribution in [2.45, 2.75) is 26.5 Å². The first-order valence-electron chi connectivity index (χ1n) is 13.1. The molecule has 41 heavy (non-hydrogen) atoms. The molecule has 0 aliphatic carbocycles. The summed E-state index contributed by atoms with van der Waals surface area (Å²) in [6, 6.07) is 23.5. The van der Waals surface area contributed by atoms with Gasteiger partial charge in [-0.3, -0.25) is 14.5 Å². The summed E-state index contributed by atoms with van der Waals surface area (Å²) >= 11 is 2.72. The average Bonchev–Trinajstić information content (AvgIpc) is 3.71. The van der Waals surface area contributed by atoms with Crippen molar-refractivity contribution in [1.29, 1.82) is 0 Å². The fraction of sp³-hybridized carbons (Fsp3) is 0.156. The van der Waals surface area contributed by atoms with E-state index in [1.165, 1.54) is 27.6 Å². The Morgan fingerprint density at radius 1 is 1.00 bits per heavy atom. The van der Waals surface area contributed by atoms with Gasteiger partial charge in [-0.2, -0.15) is 0 Å². The van der Waals surface area contributed by atoms with Crippen molar-refractivity contribution < 1.29 is 24.2 Å². The lowest BCUT2D eigenvalue weighted by atomic mass is 9.99. The third kappa shape index (κ3) is 5.10. The van der Waals surface area contributed by atoms with E-state index in [1.807, 2.05) is 79.9 Å². The highest BCUT2D eigenvalue weighted by Crippen LogP contribution is 2.46. The number of thiophene rings is 1. The number of fused-ring (bicyclic) bond motifs is 1. The van der Waals surface area contributed by atoms with Gasteiger partial charge in [-0.1, -0.05) is 47.7 Å². The molecule has 1 aliphatic heterocycles. The minimum atomic E-state index is -0.809. The van der Waals surface area contributed by atoms with E-state index in [-0.39, 0.29) is 11.3 Å². The molecule has 0 saturated carbocycles. The van der Waals surface area contributed by atoms with Gasteiger partial charge in [-0.25, -0.2) is 4.98 Å². The molecule has 7 nitrogen and oxygen atoms in total. The first-order valence-corrected chi connectivity index (χ1v) is 14.8. The maximum Gasteiger partial charge on any atom is 0.301 e. The number of hydrogen-bond donors (Lipinski definition) is 1. The Labute approximate surface area is 244 Å². The number of rotatable bonds is 8. The van der Waals surface area contributed by atoms with E-state index in [1.54, 1.807) is 18.2 Å². The van der Waals surface area contributed by atoms with Crippen molar-refractivity contribution in [2.24, 2.45) is 0 Å². The topological polar surface area (TPSA) is 89.0 Å². The van der Waals surface area contributed by atoms with Crippen molar-refractivity contribution in [3.8, 4) is 11.5 Å². The molecule has 3 aromatic carbocycles. The van der Waals surface area contributed by atoms with Gasteiger partial charge in [0.25, 0.3) is 5.78 Å². The van der Waals surface area contributed by atoms with Crippen LogP contribution in [0.15, 0.2) is 89.8 Å². The van der Waals surface area contributed by atoms with E-state index >= 15 is 0 Å². The summed E-state index contributed by atoms with van der Waals surface area (Å²) in [6.07, 6.45) is 0. The van der Waals surface area contributed by atoms with Crippen LogP contribution in [-0.4, -0.2) is 28.4 Å². The summed E-state index contributed by atoms with van der Waals surface area (Å²) in [4.78, 5) is 33.8. The Morgan fingerprint density at radius 3 is 2.56 bits per heavy atom. The summed E-state index contributed by atoms with van der Waals surface area (Å²) in [7, 11) is 0. The Hall–Kier alpha value is -4.47. The Morgan fingerprint density at radius 2 is 1.83 bits per heavy atom. The fourth-order valence-corrected chi connectivity index (χ4v) is 6.69. The molecule has 0 radical (unpaired) electrons. The van der Waals surface area contributed by atoms with Gasteiger partial charge in [0.2, 0.25) is 0 Å². The molecule has 1 unspecified atom stereocenters. The van der Waals surface area contributed by atoms with Gasteiger partial charge in [-0.15, -0.1) is 11.3 Å². The Bertz CT molecular complexity index is 1780. The molecule has 1 saturated heterocycles. The maximum absolute atomic E-state index is 13.5. The molecule has 1 atom stereocenters. The molecule has 2 aromatic heterocycles. The first-order chi connectivity index (χ1) is 19.9. The van der Waals surface area contributed by atoms with E-state index in [9.17, 15) is 14.7 Å². The summed E-state index contributed by atoms with van der Waals surface area (Å²) in [5.74, 6) is -0.340. The van der Waals surface area contributed by atoms with E-state index in [0.29, 0.717) is 40.9 Å². The number of aliphatic hydroxyl groups excluding tert-OH is 1. The number of aryl methyl sites for hydroxylation is 1. The third-order valence-electron chi connectivity index (χ3n) is 6.81. The lowest BCUT2D eigenvalue weighted by Crippen LogP contribution is -2.28. The number of carbonyl (C=O) groups is 2. The van der Waals surface area contributed by atoms with Crippen LogP contribution >= 0.6 is 22.7 Å². The number of anilines is 1. The number of amides is 1. The van der Waals surface area contributed by atoms with Crippen LogP contribution in [0.25, 0.3) is 16.0 Å². The van der Waals surface area contributed by atoms with Crippen LogP contribution < -0.4 is 14.4 Å². The van der Waals surface area contributed by atoms with Crippen molar-refractivity contribution in [1.82, 2.24) is 4.98 Å². The smallest absolute Gasteiger partial charge is 0.301 e. The van der Waals surface area contributed by atoms with Gasteiger partial charge in [0.15, 0.2) is 5.13 Å². The van der Waals surface area contributed by atoms with Crippen molar-refractivity contribution in [3.05, 3.63) is 111 Å². The second-order valence-electron chi connectivity index (χ2n) is 9.50. The minimum Gasteiger partial charge on any atom is -0.507 e. The average molecular weight is 583 g/mol. The number of carbonyl (C=O) groups excluding carboxylic acids is 2. The molecule has 1 N–H and O–H groups in total. The standard InChI is InChI=1S/C32H26N2O5S2/c1-3-38-22-12-13-23-26(17-22)41-32(33-23)34-28(25-10-7-15-40-25)27(30(36)31(34)37)29(35)21-11-14-24(19(2)16-21)39-18-20-8-5-4-6-9-20/h4-17,28,35H,3,18H2,1-2H3/b29-27+. The fourth-order valence-electron chi connectivity index (χ4n) is 4.85. The minimum absolute atomic E-state index is 0.0315. The van der Waals surface area contributed by atoms with Crippen LogP contribution in [-0.2, 0) is 16.2 Å². The van der Waals surface area contributed by atoms with E-state index in [0.717, 1.165) is 20.7 Å². The molecule has 1 amide bonds. The van der Waals surface area contributed by atoms with Gasteiger partial charge in [0.1, 0.15) is 29.9 Å². The number of Topliss-reactive ketones (excluding diaryl/α,β-unsaturated/α-hetero) is 1. The zero-order valence-corrected chi connectivity index (χ0v) is 24.0. The van der Waals surface area contributed by atoms with Gasteiger partial charge < -0.3 is 14.6 Å². The molecule has 206 valence electrons. The Balaban J connectivity index is 1.38.